The van der Waals surface area contributed by atoms with Crippen LogP contribution >= 0.6 is 31.9 Å². The summed E-state index contributed by atoms with van der Waals surface area (Å²) in [6, 6.07) is 15.7. The van der Waals surface area contributed by atoms with Crippen molar-refractivity contribution in [3.63, 3.8) is 0 Å². The van der Waals surface area contributed by atoms with Gasteiger partial charge in [0.2, 0.25) is 0 Å². The molecule has 1 atom stereocenters. The zero-order valence-corrected chi connectivity index (χ0v) is 14.6. The molecule has 0 saturated carbocycles. The van der Waals surface area contributed by atoms with Crippen molar-refractivity contribution >= 4 is 43.9 Å². The first-order valence-corrected chi connectivity index (χ1v) is 7.99. The van der Waals surface area contributed by atoms with Crippen LogP contribution in [-0.4, -0.2) is 5.97 Å². The van der Waals surface area contributed by atoms with Crippen LogP contribution in [-0.2, 0) is 9.53 Å². The van der Waals surface area contributed by atoms with Crippen molar-refractivity contribution in [3.05, 3.63) is 74.7 Å². The zero-order chi connectivity index (χ0) is 15.2. The van der Waals surface area contributed by atoms with Gasteiger partial charge in [0, 0.05) is 15.9 Å². The predicted molar refractivity (Wildman–Crippen MR) is 91.8 cm³/mol. The van der Waals surface area contributed by atoms with E-state index in [9.17, 15) is 4.79 Å². The van der Waals surface area contributed by atoms with Crippen molar-refractivity contribution < 1.29 is 9.53 Å². The van der Waals surface area contributed by atoms with Crippen molar-refractivity contribution in [1.82, 2.24) is 0 Å². The Morgan fingerprint density at radius 1 is 1.00 bits per heavy atom. The Kier molecular flexibility index (Phi) is 5.76. The van der Waals surface area contributed by atoms with Gasteiger partial charge in [-0.25, -0.2) is 0 Å². The molecule has 0 fully saturated rings. The predicted octanol–water partition coefficient (Wildman–Crippen LogP) is 5.53. The normalized spacial score (nSPS) is 12.3. The van der Waals surface area contributed by atoms with E-state index in [4.69, 9.17) is 4.74 Å². The first kappa shape index (κ1) is 16.0. The van der Waals surface area contributed by atoms with Gasteiger partial charge in [0.25, 0.3) is 0 Å². The average Bonchev–Trinajstić information content (AvgIpc) is 2.46. The summed E-state index contributed by atoms with van der Waals surface area (Å²) in [4.78, 5) is 11.3. The van der Waals surface area contributed by atoms with E-state index in [0.29, 0.717) is 0 Å². The van der Waals surface area contributed by atoms with Gasteiger partial charge in [-0.1, -0.05) is 62.2 Å². The highest BCUT2D eigenvalue weighted by molar-refractivity contribution is 9.10. The van der Waals surface area contributed by atoms with Crippen LogP contribution in [0.2, 0.25) is 0 Å². The van der Waals surface area contributed by atoms with E-state index in [2.05, 4.69) is 31.9 Å². The third-order valence-corrected chi connectivity index (χ3v) is 3.88. The van der Waals surface area contributed by atoms with Gasteiger partial charge >= 0.3 is 5.97 Å². The van der Waals surface area contributed by atoms with Crippen LogP contribution < -0.4 is 0 Å². The molecule has 4 heteroatoms. The Balaban J connectivity index is 2.21. The molecule has 0 aliphatic rings. The fourth-order valence-corrected chi connectivity index (χ4v) is 2.35. The van der Waals surface area contributed by atoms with Crippen molar-refractivity contribution in [2.45, 2.75) is 13.0 Å². The van der Waals surface area contributed by atoms with Crippen LogP contribution in [0.1, 0.15) is 24.2 Å². The maximum atomic E-state index is 11.3. The molecule has 2 rings (SSSR count). The van der Waals surface area contributed by atoms with Crippen molar-refractivity contribution in [3.8, 4) is 0 Å². The molecular formula is C17H14Br2O2. The molecule has 0 aliphatic carbocycles. The SMILES string of the molecule is CC(=O)O[C@H](/C=C/c1ccc(Br)cc1)c1ccc(Br)cc1. The summed E-state index contributed by atoms with van der Waals surface area (Å²) < 4.78 is 7.39. The molecule has 108 valence electrons. The van der Waals surface area contributed by atoms with E-state index in [1.807, 2.05) is 60.7 Å². The number of hydrogen-bond acceptors (Lipinski definition) is 2. The summed E-state index contributed by atoms with van der Waals surface area (Å²) in [5, 5.41) is 0. The molecule has 0 unspecified atom stereocenters. The Morgan fingerprint density at radius 2 is 1.52 bits per heavy atom. The van der Waals surface area contributed by atoms with Gasteiger partial charge in [0.05, 0.1) is 0 Å². The van der Waals surface area contributed by atoms with Crippen molar-refractivity contribution in [2.75, 3.05) is 0 Å². The number of benzene rings is 2. The first-order chi connectivity index (χ1) is 10.0. The monoisotopic (exact) mass is 408 g/mol. The van der Waals surface area contributed by atoms with Gasteiger partial charge in [-0.2, -0.15) is 0 Å². The van der Waals surface area contributed by atoms with E-state index < -0.39 is 0 Å². The lowest BCUT2D eigenvalue weighted by Gasteiger charge is -2.13. The highest BCUT2D eigenvalue weighted by Crippen LogP contribution is 2.23. The molecule has 0 aliphatic heterocycles. The number of esters is 1. The van der Waals surface area contributed by atoms with Gasteiger partial charge in [0.15, 0.2) is 0 Å². The third kappa shape index (κ3) is 5.14. The minimum Gasteiger partial charge on any atom is -0.453 e. The quantitative estimate of drug-likeness (QED) is 0.620. The van der Waals surface area contributed by atoms with Crippen LogP contribution in [0.4, 0.5) is 0 Å². The summed E-state index contributed by atoms with van der Waals surface area (Å²) in [6.45, 7) is 1.42. The number of rotatable bonds is 4. The minimum absolute atomic E-state index is 0.302. The fourth-order valence-electron chi connectivity index (χ4n) is 1.82. The largest absolute Gasteiger partial charge is 0.453 e. The van der Waals surface area contributed by atoms with Crippen LogP contribution in [0.25, 0.3) is 6.08 Å². The van der Waals surface area contributed by atoms with E-state index in [-0.39, 0.29) is 12.1 Å². The highest BCUT2D eigenvalue weighted by Gasteiger charge is 2.11. The minimum atomic E-state index is -0.390. The zero-order valence-electron chi connectivity index (χ0n) is 11.4. The Hall–Kier alpha value is -1.39. The second-order valence-corrected chi connectivity index (χ2v) is 6.32. The number of carbonyl (C=O) groups is 1. The smallest absolute Gasteiger partial charge is 0.303 e. The third-order valence-electron chi connectivity index (χ3n) is 2.82. The molecular weight excluding hydrogens is 396 g/mol. The number of ether oxygens (including phenoxy) is 1. The van der Waals surface area contributed by atoms with E-state index in [0.717, 1.165) is 20.1 Å². The molecule has 0 bridgehead atoms. The number of halogens is 2. The average molecular weight is 410 g/mol. The summed E-state index contributed by atoms with van der Waals surface area (Å²) in [5.41, 5.74) is 1.98. The van der Waals surface area contributed by atoms with Gasteiger partial charge < -0.3 is 4.74 Å². The molecule has 0 heterocycles. The van der Waals surface area contributed by atoms with Gasteiger partial charge in [-0.15, -0.1) is 0 Å². The molecule has 0 saturated heterocycles. The molecule has 0 N–H and O–H groups in total. The topological polar surface area (TPSA) is 26.3 Å². The summed E-state index contributed by atoms with van der Waals surface area (Å²) >= 11 is 6.80. The summed E-state index contributed by atoms with van der Waals surface area (Å²) in [7, 11) is 0. The molecule has 2 nitrogen and oxygen atoms in total. The van der Waals surface area contributed by atoms with Crippen LogP contribution in [0.15, 0.2) is 63.6 Å². The second-order valence-electron chi connectivity index (χ2n) is 4.49. The van der Waals surface area contributed by atoms with Gasteiger partial charge in [0.1, 0.15) is 6.10 Å². The molecule has 0 aromatic heterocycles. The lowest BCUT2D eigenvalue weighted by molar-refractivity contribution is -0.144. The van der Waals surface area contributed by atoms with E-state index in [1.54, 1.807) is 0 Å². The maximum absolute atomic E-state index is 11.3. The lowest BCUT2D eigenvalue weighted by Crippen LogP contribution is -2.06. The highest BCUT2D eigenvalue weighted by atomic mass is 79.9. The summed E-state index contributed by atoms with van der Waals surface area (Å²) in [6.07, 6.45) is 3.44. The molecule has 0 spiro atoms. The lowest BCUT2D eigenvalue weighted by atomic mass is 10.1. The summed E-state index contributed by atoms with van der Waals surface area (Å²) in [5.74, 6) is -0.302. The van der Waals surface area contributed by atoms with Crippen LogP contribution in [0, 0.1) is 0 Å². The molecule has 2 aromatic carbocycles. The molecule has 2 aromatic rings. The standard InChI is InChI=1S/C17H14Br2O2/c1-12(20)21-17(14-5-9-16(19)10-6-14)11-4-13-2-7-15(18)8-3-13/h2-11,17H,1H3/b11-4+/t17-/m1/s1. The van der Waals surface area contributed by atoms with Gasteiger partial charge in [-0.3, -0.25) is 4.79 Å². The van der Waals surface area contributed by atoms with Crippen LogP contribution in [0.5, 0.6) is 0 Å². The van der Waals surface area contributed by atoms with Crippen LogP contribution in [0.3, 0.4) is 0 Å². The molecule has 0 amide bonds. The second kappa shape index (κ2) is 7.57. The fraction of sp³-hybridized carbons (Fsp3) is 0.118. The van der Waals surface area contributed by atoms with E-state index >= 15 is 0 Å². The Labute approximate surface area is 141 Å². The number of carbonyl (C=O) groups excluding carboxylic acids is 1. The van der Waals surface area contributed by atoms with E-state index in [1.165, 1.54) is 6.92 Å². The first-order valence-electron chi connectivity index (χ1n) is 6.41. The molecule has 21 heavy (non-hydrogen) atoms. The van der Waals surface area contributed by atoms with Crippen molar-refractivity contribution in [2.24, 2.45) is 0 Å². The Bertz CT molecular complexity index is 631. The number of hydrogen-bond donors (Lipinski definition) is 0. The molecule has 0 radical (unpaired) electrons. The van der Waals surface area contributed by atoms with Gasteiger partial charge in [-0.05, 0) is 41.5 Å². The Morgan fingerprint density at radius 3 is 2.05 bits per heavy atom. The maximum Gasteiger partial charge on any atom is 0.303 e. The van der Waals surface area contributed by atoms with Crippen molar-refractivity contribution in [1.29, 1.82) is 0 Å².